The fourth-order valence-electron chi connectivity index (χ4n) is 2.49. The smallest absolute Gasteiger partial charge is 0.164 e. The molecule has 2 rings (SSSR count). The van der Waals surface area contributed by atoms with Gasteiger partial charge < -0.3 is 9.47 Å². The van der Waals surface area contributed by atoms with Crippen molar-refractivity contribution in [3.05, 3.63) is 22.8 Å². The zero-order valence-corrected chi connectivity index (χ0v) is 11.3. The summed E-state index contributed by atoms with van der Waals surface area (Å²) in [7, 11) is 5.30. The van der Waals surface area contributed by atoms with Crippen molar-refractivity contribution in [2.75, 3.05) is 21.3 Å². The standard InChI is InChI=1S/C14H19NO3/c1-9-5-11-12(7-15(9)2)10(8-16)6-13(17-3)14(11)18-4/h6,8-9H,5,7H2,1-4H3. The summed E-state index contributed by atoms with van der Waals surface area (Å²) < 4.78 is 10.8. The fourth-order valence-corrected chi connectivity index (χ4v) is 2.49. The molecular formula is C14H19NO3. The second kappa shape index (κ2) is 4.98. The highest BCUT2D eigenvalue weighted by Gasteiger charge is 2.27. The molecule has 1 atom stereocenters. The Bertz CT molecular complexity index is 471. The van der Waals surface area contributed by atoms with E-state index < -0.39 is 0 Å². The highest BCUT2D eigenvalue weighted by atomic mass is 16.5. The predicted molar refractivity (Wildman–Crippen MR) is 69.6 cm³/mol. The minimum absolute atomic E-state index is 0.429. The van der Waals surface area contributed by atoms with Crippen LogP contribution in [0.15, 0.2) is 6.07 Å². The molecule has 1 aromatic carbocycles. The molecule has 1 aromatic rings. The Balaban J connectivity index is 2.64. The summed E-state index contributed by atoms with van der Waals surface area (Å²) in [5, 5.41) is 0. The van der Waals surface area contributed by atoms with E-state index in [4.69, 9.17) is 9.47 Å². The number of carbonyl (C=O) groups is 1. The first-order valence-electron chi connectivity index (χ1n) is 6.04. The van der Waals surface area contributed by atoms with Crippen LogP contribution in [0.1, 0.15) is 28.4 Å². The summed E-state index contributed by atoms with van der Waals surface area (Å²) in [5.74, 6) is 1.40. The zero-order chi connectivity index (χ0) is 13.3. The number of likely N-dealkylation sites (N-methyl/N-ethyl adjacent to an activating group) is 1. The molecule has 1 heterocycles. The van der Waals surface area contributed by atoms with Crippen molar-refractivity contribution in [2.24, 2.45) is 0 Å². The lowest BCUT2D eigenvalue weighted by molar-refractivity contribution is 0.111. The largest absolute Gasteiger partial charge is 0.493 e. The third-order valence-corrected chi connectivity index (χ3v) is 3.71. The number of ether oxygens (including phenoxy) is 2. The van der Waals surface area contributed by atoms with E-state index in [0.29, 0.717) is 17.4 Å². The second-order valence-electron chi connectivity index (χ2n) is 4.74. The van der Waals surface area contributed by atoms with Gasteiger partial charge in [0, 0.05) is 23.7 Å². The van der Waals surface area contributed by atoms with Gasteiger partial charge in [-0.25, -0.2) is 0 Å². The number of fused-ring (bicyclic) bond motifs is 1. The SMILES string of the molecule is COc1cc(C=O)c2c(c1OC)CC(C)N(C)C2. The summed E-state index contributed by atoms with van der Waals surface area (Å²) in [5.41, 5.74) is 2.86. The molecule has 0 aliphatic carbocycles. The third-order valence-electron chi connectivity index (χ3n) is 3.71. The molecule has 0 bridgehead atoms. The molecule has 18 heavy (non-hydrogen) atoms. The summed E-state index contributed by atoms with van der Waals surface area (Å²) in [6.07, 6.45) is 1.76. The average molecular weight is 249 g/mol. The quantitative estimate of drug-likeness (QED) is 0.767. The van der Waals surface area contributed by atoms with Crippen molar-refractivity contribution in [1.29, 1.82) is 0 Å². The molecule has 0 radical (unpaired) electrons. The summed E-state index contributed by atoms with van der Waals surface area (Å²) in [6, 6.07) is 2.19. The van der Waals surface area contributed by atoms with Crippen LogP contribution in [-0.2, 0) is 13.0 Å². The molecule has 0 fully saturated rings. The van der Waals surface area contributed by atoms with Crippen molar-refractivity contribution in [3.63, 3.8) is 0 Å². The number of benzene rings is 1. The molecule has 0 aromatic heterocycles. The van der Waals surface area contributed by atoms with Crippen LogP contribution in [0.2, 0.25) is 0 Å². The topological polar surface area (TPSA) is 38.8 Å². The number of nitrogens with zero attached hydrogens (tertiary/aromatic N) is 1. The van der Waals surface area contributed by atoms with Crippen LogP contribution in [-0.4, -0.2) is 38.5 Å². The van der Waals surface area contributed by atoms with Gasteiger partial charge >= 0.3 is 0 Å². The molecule has 1 unspecified atom stereocenters. The van der Waals surface area contributed by atoms with E-state index in [0.717, 1.165) is 36.1 Å². The van der Waals surface area contributed by atoms with E-state index in [1.165, 1.54) is 0 Å². The predicted octanol–water partition coefficient (Wildman–Crippen LogP) is 1.89. The van der Waals surface area contributed by atoms with Gasteiger partial charge in [-0.1, -0.05) is 0 Å². The Hall–Kier alpha value is -1.55. The summed E-state index contributed by atoms with van der Waals surface area (Å²) in [4.78, 5) is 13.5. The Morgan fingerprint density at radius 3 is 2.61 bits per heavy atom. The summed E-state index contributed by atoms with van der Waals surface area (Å²) in [6.45, 7) is 2.94. The van der Waals surface area contributed by atoms with Crippen LogP contribution in [0.25, 0.3) is 0 Å². The normalized spacial score (nSPS) is 19.2. The first kappa shape index (κ1) is 12.9. The number of carbonyl (C=O) groups excluding carboxylic acids is 1. The first-order valence-corrected chi connectivity index (χ1v) is 6.04. The Morgan fingerprint density at radius 2 is 2.06 bits per heavy atom. The maximum Gasteiger partial charge on any atom is 0.164 e. The van der Waals surface area contributed by atoms with Crippen molar-refractivity contribution in [2.45, 2.75) is 25.9 Å². The molecule has 0 N–H and O–H groups in total. The Kier molecular flexibility index (Phi) is 3.57. The van der Waals surface area contributed by atoms with E-state index in [1.54, 1.807) is 20.3 Å². The van der Waals surface area contributed by atoms with Gasteiger partial charge in [0.15, 0.2) is 17.8 Å². The molecular weight excluding hydrogens is 230 g/mol. The maximum atomic E-state index is 11.2. The van der Waals surface area contributed by atoms with Crippen LogP contribution in [0.5, 0.6) is 11.5 Å². The van der Waals surface area contributed by atoms with Crippen molar-refractivity contribution < 1.29 is 14.3 Å². The number of rotatable bonds is 3. The van der Waals surface area contributed by atoms with Gasteiger partial charge in [0.1, 0.15) is 0 Å². The Morgan fingerprint density at radius 1 is 1.33 bits per heavy atom. The molecule has 1 aliphatic heterocycles. The minimum Gasteiger partial charge on any atom is -0.493 e. The third kappa shape index (κ3) is 1.97. The lowest BCUT2D eigenvalue weighted by Gasteiger charge is -2.33. The Labute approximate surface area is 107 Å². The molecule has 4 nitrogen and oxygen atoms in total. The highest BCUT2D eigenvalue weighted by Crippen LogP contribution is 2.39. The molecule has 4 heteroatoms. The number of hydrogen-bond donors (Lipinski definition) is 0. The van der Waals surface area contributed by atoms with Crippen LogP contribution < -0.4 is 9.47 Å². The van der Waals surface area contributed by atoms with Crippen LogP contribution in [0.4, 0.5) is 0 Å². The second-order valence-corrected chi connectivity index (χ2v) is 4.74. The first-order chi connectivity index (χ1) is 8.62. The average Bonchev–Trinajstić information content (AvgIpc) is 2.38. The fraction of sp³-hybridized carbons (Fsp3) is 0.500. The van der Waals surface area contributed by atoms with Gasteiger partial charge in [-0.05, 0) is 32.0 Å². The van der Waals surface area contributed by atoms with Gasteiger partial charge in [-0.15, -0.1) is 0 Å². The maximum absolute atomic E-state index is 11.2. The monoisotopic (exact) mass is 249 g/mol. The van der Waals surface area contributed by atoms with Crippen LogP contribution in [0, 0.1) is 0 Å². The van der Waals surface area contributed by atoms with Gasteiger partial charge in [-0.2, -0.15) is 0 Å². The molecule has 0 spiro atoms. The molecule has 0 saturated heterocycles. The van der Waals surface area contributed by atoms with Gasteiger partial charge in [0.2, 0.25) is 0 Å². The zero-order valence-electron chi connectivity index (χ0n) is 11.3. The number of aldehydes is 1. The van der Waals surface area contributed by atoms with Crippen molar-refractivity contribution in [3.8, 4) is 11.5 Å². The molecule has 0 saturated carbocycles. The minimum atomic E-state index is 0.429. The van der Waals surface area contributed by atoms with E-state index in [2.05, 4.69) is 18.9 Å². The highest BCUT2D eigenvalue weighted by molar-refractivity contribution is 5.81. The van der Waals surface area contributed by atoms with Crippen molar-refractivity contribution >= 4 is 6.29 Å². The summed E-state index contributed by atoms with van der Waals surface area (Å²) >= 11 is 0. The van der Waals surface area contributed by atoms with E-state index in [1.807, 2.05) is 0 Å². The van der Waals surface area contributed by atoms with E-state index >= 15 is 0 Å². The lowest BCUT2D eigenvalue weighted by Crippen LogP contribution is -2.36. The number of methoxy groups -OCH3 is 2. The van der Waals surface area contributed by atoms with Gasteiger partial charge in [0.25, 0.3) is 0 Å². The molecule has 98 valence electrons. The van der Waals surface area contributed by atoms with E-state index in [9.17, 15) is 4.79 Å². The van der Waals surface area contributed by atoms with Crippen LogP contribution >= 0.6 is 0 Å². The van der Waals surface area contributed by atoms with E-state index in [-0.39, 0.29) is 0 Å². The molecule has 0 amide bonds. The van der Waals surface area contributed by atoms with Crippen molar-refractivity contribution in [1.82, 2.24) is 4.90 Å². The number of hydrogen-bond acceptors (Lipinski definition) is 4. The molecule has 1 aliphatic rings. The van der Waals surface area contributed by atoms with Gasteiger partial charge in [-0.3, -0.25) is 9.69 Å². The lowest BCUT2D eigenvalue weighted by atomic mass is 9.90. The van der Waals surface area contributed by atoms with Crippen LogP contribution in [0.3, 0.4) is 0 Å². The van der Waals surface area contributed by atoms with Gasteiger partial charge in [0.05, 0.1) is 14.2 Å².